The van der Waals surface area contributed by atoms with Crippen molar-refractivity contribution >= 4 is 37.8 Å². The molecule has 0 aliphatic heterocycles. The van der Waals surface area contributed by atoms with Crippen LogP contribution in [0, 0.1) is 6.92 Å². The Morgan fingerprint density at radius 2 is 1.59 bits per heavy atom. The molecule has 2 amide bonds. The van der Waals surface area contributed by atoms with E-state index in [1.54, 1.807) is 12.1 Å². The Labute approximate surface area is 240 Å². The average molecular weight is 615 g/mol. The molecule has 0 saturated heterocycles. The molecule has 0 heterocycles. The number of sulfonamides is 1. The third-order valence-electron chi connectivity index (χ3n) is 6.60. The van der Waals surface area contributed by atoms with Crippen LogP contribution >= 0.6 is 15.9 Å². The van der Waals surface area contributed by atoms with Gasteiger partial charge in [-0.25, -0.2) is 8.42 Å². The monoisotopic (exact) mass is 613 g/mol. The number of nitrogens with one attached hydrogen (secondary N) is 1. The number of rotatable bonds is 12. The first kappa shape index (κ1) is 30.5. The molecule has 3 aromatic carbocycles. The second kappa shape index (κ2) is 13.9. The Hall–Kier alpha value is -3.01. The van der Waals surface area contributed by atoms with Gasteiger partial charge in [-0.2, -0.15) is 4.31 Å². The van der Waals surface area contributed by atoms with E-state index in [2.05, 4.69) is 21.2 Å². The minimum absolute atomic E-state index is 0.0804. The quantitative estimate of drug-likeness (QED) is 0.314. The summed E-state index contributed by atoms with van der Waals surface area (Å²) in [5.74, 6) is -0.742. The Balaban J connectivity index is 1.98. The molecule has 0 bridgehead atoms. The number of carbonyl (C=O) groups excluding carboxylic acids is 2. The smallest absolute Gasteiger partial charge is 0.243 e. The number of halogens is 1. The van der Waals surface area contributed by atoms with E-state index >= 15 is 0 Å². The van der Waals surface area contributed by atoms with Gasteiger partial charge < -0.3 is 10.2 Å². The second-order valence-electron chi connectivity index (χ2n) is 9.75. The predicted molar refractivity (Wildman–Crippen MR) is 158 cm³/mol. The van der Waals surface area contributed by atoms with Crippen molar-refractivity contribution in [1.82, 2.24) is 14.5 Å². The number of aryl methyl sites for hydroxylation is 1. The van der Waals surface area contributed by atoms with Crippen molar-refractivity contribution in [1.29, 1.82) is 0 Å². The fourth-order valence-corrected chi connectivity index (χ4v) is 5.65. The minimum atomic E-state index is -3.91. The lowest BCUT2D eigenvalue weighted by Crippen LogP contribution is -2.54. The normalized spacial score (nSPS) is 13.1. The molecule has 0 aromatic heterocycles. The van der Waals surface area contributed by atoms with Crippen LogP contribution in [0.2, 0.25) is 0 Å². The molecule has 39 heavy (non-hydrogen) atoms. The molecule has 0 aliphatic carbocycles. The first-order valence-corrected chi connectivity index (χ1v) is 15.2. The summed E-state index contributed by atoms with van der Waals surface area (Å²) in [4.78, 5) is 29.1. The zero-order valence-corrected chi connectivity index (χ0v) is 25.2. The third kappa shape index (κ3) is 8.49. The molecule has 0 spiro atoms. The van der Waals surface area contributed by atoms with E-state index < -0.39 is 28.5 Å². The van der Waals surface area contributed by atoms with Crippen molar-refractivity contribution in [2.45, 2.75) is 57.1 Å². The second-order valence-corrected chi connectivity index (χ2v) is 12.7. The molecule has 0 aliphatic rings. The molecule has 3 aromatic rings. The molecule has 1 N–H and O–H groups in total. The predicted octanol–water partition coefficient (Wildman–Crippen LogP) is 4.93. The first-order chi connectivity index (χ1) is 18.5. The van der Waals surface area contributed by atoms with Crippen LogP contribution in [0.1, 0.15) is 37.0 Å². The summed E-state index contributed by atoms with van der Waals surface area (Å²) in [5, 5.41) is 3.02. The highest BCUT2D eigenvalue weighted by molar-refractivity contribution is 9.10. The van der Waals surface area contributed by atoms with Crippen LogP contribution in [-0.4, -0.2) is 55.1 Å². The maximum Gasteiger partial charge on any atom is 0.243 e. The van der Waals surface area contributed by atoms with Gasteiger partial charge in [-0.15, -0.1) is 0 Å². The Kier molecular flexibility index (Phi) is 10.9. The van der Waals surface area contributed by atoms with Gasteiger partial charge in [0.15, 0.2) is 0 Å². The Bertz CT molecular complexity index is 1360. The molecular weight excluding hydrogens is 578 g/mol. The van der Waals surface area contributed by atoms with Crippen LogP contribution in [0.3, 0.4) is 0 Å². The van der Waals surface area contributed by atoms with Crippen molar-refractivity contribution in [3.63, 3.8) is 0 Å². The van der Waals surface area contributed by atoms with Gasteiger partial charge >= 0.3 is 0 Å². The molecular formula is C30H36BrN3O4S. The van der Waals surface area contributed by atoms with E-state index in [1.165, 1.54) is 24.1 Å². The zero-order chi connectivity index (χ0) is 28.6. The number of benzene rings is 3. The number of hydrogen-bond acceptors (Lipinski definition) is 4. The van der Waals surface area contributed by atoms with Gasteiger partial charge in [0.1, 0.15) is 6.04 Å². The molecule has 9 heteroatoms. The van der Waals surface area contributed by atoms with Gasteiger partial charge in [-0.3, -0.25) is 9.59 Å². The summed E-state index contributed by atoms with van der Waals surface area (Å²) in [5.41, 5.74) is 2.65. The first-order valence-electron chi connectivity index (χ1n) is 12.9. The van der Waals surface area contributed by atoms with Crippen LogP contribution in [-0.2, 0) is 32.6 Å². The fraction of sp³-hybridized carbons (Fsp3) is 0.333. The average Bonchev–Trinajstić information content (AvgIpc) is 2.91. The molecule has 0 saturated carbocycles. The van der Waals surface area contributed by atoms with Gasteiger partial charge in [0.2, 0.25) is 21.8 Å². The van der Waals surface area contributed by atoms with Gasteiger partial charge in [-0.05, 0) is 55.7 Å². The maximum atomic E-state index is 13.9. The molecule has 0 unspecified atom stereocenters. The molecule has 2 atom stereocenters. The van der Waals surface area contributed by atoms with E-state index in [4.69, 9.17) is 0 Å². The lowest BCUT2D eigenvalue weighted by atomic mass is 10.0. The molecule has 0 radical (unpaired) electrons. The Morgan fingerprint density at radius 3 is 2.21 bits per heavy atom. The van der Waals surface area contributed by atoms with Crippen molar-refractivity contribution in [2.24, 2.45) is 0 Å². The summed E-state index contributed by atoms with van der Waals surface area (Å²) >= 11 is 3.48. The Morgan fingerprint density at radius 1 is 0.949 bits per heavy atom. The van der Waals surface area contributed by atoms with E-state index in [0.717, 1.165) is 31.9 Å². The topological polar surface area (TPSA) is 86.8 Å². The number of carbonyl (C=O) groups is 2. The van der Waals surface area contributed by atoms with Gasteiger partial charge in [0, 0.05) is 30.5 Å². The van der Waals surface area contributed by atoms with Crippen LogP contribution < -0.4 is 5.32 Å². The summed E-state index contributed by atoms with van der Waals surface area (Å²) < 4.78 is 28.4. The number of nitrogens with zero attached hydrogens (tertiary/aromatic N) is 2. The van der Waals surface area contributed by atoms with E-state index in [9.17, 15) is 18.0 Å². The van der Waals surface area contributed by atoms with Crippen LogP contribution in [0.15, 0.2) is 88.2 Å². The van der Waals surface area contributed by atoms with Crippen LogP contribution in [0.4, 0.5) is 0 Å². The molecule has 3 rings (SSSR count). The van der Waals surface area contributed by atoms with Gasteiger partial charge in [0.05, 0.1) is 11.4 Å². The number of hydrogen-bond donors (Lipinski definition) is 1. The van der Waals surface area contributed by atoms with Crippen molar-refractivity contribution in [3.8, 4) is 0 Å². The summed E-state index contributed by atoms with van der Waals surface area (Å²) in [6, 6.07) is 22.6. The molecule has 7 nitrogen and oxygen atoms in total. The van der Waals surface area contributed by atoms with Gasteiger partial charge in [-0.1, -0.05) is 83.0 Å². The minimum Gasteiger partial charge on any atom is -0.352 e. The van der Waals surface area contributed by atoms with E-state index in [1.807, 2.05) is 75.4 Å². The summed E-state index contributed by atoms with van der Waals surface area (Å²) in [7, 11) is -2.53. The van der Waals surface area contributed by atoms with E-state index in [0.29, 0.717) is 0 Å². The van der Waals surface area contributed by atoms with Crippen molar-refractivity contribution < 1.29 is 18.0 Å². The summed E-state index contributed by atoms with van der Waals surface area (Å²) in [6.45, 7) is 5.50. The highest BCUT2D eigenvalue weighted by atomic mass is 79.9. The molecule has 0 fully saturated rings. The lowest BCUT2D eigenvalue weighted by Gasteiger charge is -2.33. The standard InChI is InChI=1S/C30H36BrN3O4S/c1-5-23(3)32-30(36)28(19-24-10-7-6-8-11-24)34(20-25-12-9-13-26(31)18-25)29(35)21-33(4)39(37,38)27-16-14-22(2)15-17-27/h6-18,23,28H,5,19-21H2,1-4H3,(H,32,36)/t23-,28+/m1/s1. The van der Waals surface area contributed by atoms with Crippen molar-refractivity contribution in [2.75, 3.05) is 13.6 Å². The highest BCUT2D eigenvalue weighted by Gasteiger charge is 2.33. The van der Waals surface area contributed by atoms with Crippen LogP contribution in [0.25, 0.3) is 0 Å². The fourth-order valence-electron chi connectivity index (χ4n) is 4.08. The highest BCUT2D eigenvalue weighted by Crippen LogP contribution is 2.20. The maximum absolute atomic E-state index is 13.9. The third-order valence-corrected chi connectivity index (χ3v) is 8.91. The molecule has 208 valence electrons. The number of likely N-dealkylation sites (N-methyl/N-ethyl adjacent to an activating group) is 1. The van der Waals surface area contributed by atoms with Crippen molar-refractivity contribution in [3.05, 3.63) is 100 Å². The summed E-state index contributed by atoms with van der Waals surface area (Å²) in [6.07, 6.45) is 1.03. The van der Waals surface area contributed by atoms with Gasteiger partial charge in [0.25, 0.3) is 0 Å². The SMILES string of the molecule is CC[C@@H](C)NC(=O)[C@H](Cc1ccccc1)N(Cc1cccc(Br)c1)C(=O)CN(C)S(=O)(=O)c1ccc(C)cc1. The number of amides is 2. The van der Waals surface area contributed by atoms with E-state index in [-0.39, 0.29) is 29.8 Å². The van der Waals surface area contributed by atoms with Crippen LogP contribution in [0.5, 0.6) is 0 Å². The largest absolute Gasteiger partial charge is 0.352 e. The zero-order valence-electron chi connectivity index (χ0n) is 22.8. The lowest BCUT2D eigenvalue weighted by molar-refractivity contribution is -0.141.